The molecule has 19 heavy (non-hydrogen) atoms. The molecule has 0 aromatic carbocycles. The summed E-state index contributed by atoms with van der Waals surface area (Å²) in [6, 6.07) is 2.57. The lowest BCUT2D eigenvalue weighted by molar-refractivity contribution is 0.111. The maximum atomic E-state index is 8.98. The molecule has 6 nitrogen and oxygen atoms in total. The Balaban J connectivity index is 2.09. The van der Waals surface area contributed by atoms with Crippen LogP contribution in [-0.4, -0.2) is 47.7 Å². The van der Waals surface area contributed by atoms with Crippen molar-refractivity contribution in [3.05, 3.63) is 11.9 Å². The Labute approximate surface area is 113 Å². The highest BCUT2D eigenvalue weighted by molar-refractivity contribution is 5.35. The number of nitrogens with zero attached hydrogens (tertiary/aromatic N) is 4. The molecule has 0 aliphatic carbocycles. The van der Waals surface area contributed by atoms with Gasteiger partial charge in [-0.3, -0.25) is 4.90 Å². The Morgan fingerprint density at radius 1 is 1.58 bits per heavy atom. The van der Waals surface area contributed by atoms with Gasteiger partial charge < -0.3 is 9.47 Å². The SMILES string of the molecule is COc1cnc(O[C@@H](C)[C@@H]2CCCN2C)nc1C#N. The number of hydrogen-bond acceptors (Lipinski definition) is 6. The Hall–Kier alpha value is -1.87. The zero-order valence-electron chi connectivity index (χ0n) is 11.5. The molecule has 1 saturated heterocycles. The molecular formula is C13H18N4O2. The molecule has 102 valence electrons. The fourth-order valence-corrected chi connectivity index (χ4v) is 2.41. The molecule has 2 heterocycles. The Bertz CT molecular complexity index is 486. The average molecular weight is 262 g/mol. The number of hydrogen-bond donors (Lipinski definition) is 0. The normalized spacial score (nSPS) is 20.8. The van der Waals surface area contributed by atoms with Crippen LogP contribution < -0.4 is 9.47 Å². The van der Waals surface area contributed by atoms with Gasteiger partial charge in [0.1, 0.15) is 12.2 Å². The van der Waals surface area contributed by atoms with Crippen LogP contribution in [0.15, 0.2) is 6.20 Å². The predicted octanol–water partition coefficient (Wildman–Crippen LogP) is 1.22. The average Bonchev–Trinajstić information content (AvgIpc) is 2.85. The molecule has 1 aliphatic rings. The third kappa shape index (κ3) is 2.93. The first-order valence-corrected chi connectivity index (χ1v) is 6.33. The fourth-order valence-electron chi connectivity index (χ4n) is 2.41. The molecule has 0 saturated carbocycles. The molecular weight excluding hydrogens is 244 g/mol. The van der Waals surface area contributed by atoms with Gasteiger partial charge in [-0.15, -0.1) is 0 Å². The summed E-state index contributed by atoms with van der Waals surface area (Å²) in [6.07, 6.45) is 3.75. The second-order valence-electron chi connectivity index (χ2n) is 4.69. The highest BCUT2D eigenvalue weighted by atomic mass is 16.5. The number of nitriles is 1. The van der Waals surface area contributed by atoms with E-state index in [2.05, 4.69) is 21.9 Å². The molecule has 1 fully saturated rings. The minimum atomic E-state index is -0.00700. The van der Waals surface area contributed by atoms with E-state index in [9.17, 15) is 0 Å². The van der Waals surface area contributed by atoms with Crippen molar-refractivity contribution in [2.45, 2.75) is 31.9 Å². The van der Waals surface area contributed by atoms with E-state index in [1.807, 2.05) is 13.0 Å². The minimum Gasteiger partial charge on any atom is -0.492 e. The van der Waals surface area contributed by atoms with Gasteiger partial charge >= 0.3 is 6.01 Å². The van der Waals surface area contributed by atoms with Crippen LogP contribution >= 0.6 is 0 Å². The summed E-state index contributed by atoms with van der Waals surface area (Å²) in [7, 11) is 3.57. The van der Waals surface area contributed by atoms with E-state index in [4.69, 9.17) is 14.7 Å². The Morgan fingerprint density at radius 2 is 2.37 bits per heavy atom. The smallest absolute Gasteiger partial charge is 0.318 e. The molecule has 0 spiro atoms. The number of ether oxygens (including phenoxy) is 2. The molecule has 0 N–H and O–H groups in total. The number of aromatic nitrogens is 2. The largest absolute Gasteiger partial charge is 0.492 e. The van der Waals surface area contributed by atoms with Crippen LogP contribution in [0.3, 0.4) is 0 Å². The first kappa shape index (κ1) is 13.6. The molecule has 2 rings (SSSR count). The highest BCUT2D eigenvalue weighted by Crippen LogP contribution is 2.22. The van der Waals surface area contributed by atoms with E-state index in [1.165, 1.54) is 19.7 Å². The summed E-state index contributed by atoms with van der Waals surface area (Å²) in [5.74, 6) is 0.362. The molecule has 1 aliphatic heterocycles. The number of rotatable bonds is 4. The Morgan fingerprint density at radius 3 is 2.95 bits per heavy atom. The van der Waals surface area contributed by atoms with Crippen molar-refractivity contribution >= 4 is 0 Å². The highest BCUT2D eigenvalue weighted by Gasteiger charge is 2.28. The third-order valence-electron chi connectivity index (χ3n) is 3.47. The third-order valence-corrected chi connectivity index (χ3v) is 3.47. The standard InChI is InChI=1S/C13H18N4O2/c1-9(11-5-4-6-17(11)2)19-13-15-8-12(18-3)10(7-14)16-13/h8-9,11H,4-6H2,1-3H3/t9-,11-/m0/s1. The van der Waals surface area contributed by atoms with Gasteiger partial charge in [0.25, 0.3) is 0 Å². The molecule has 1 aromatic heterocycles. The van der Waals surface area contributed by atoms with Crippen LogP contribution in [0.25, 0.3) is 0 Å². The Kier molecular flexibility index (Phi) is 4.17. The van der Waals surface area contributed by atoms with Crippen LogP contribution in [0, 0.1) is 11.3 Å². The summed E-state index contributed by atoms with van der Waals surface area (Å²) >= 11 is 0. The molecule has 0 radical (unpaired) electrons. The monoisotopic (exact) mass is 262 g/mol. The first-order valence-electron chi connectivity index (χ1n) is 6.33. The van der Waals surface area contributed by atoms with Crippen molar-refractivity contribution < 1.29 is 9.47 Å². The summed E-state index contributed by atoms with van der Waals surface area (Å²) < 4.78 is 10.7. The zero-order chi connectivity index (χ0) is 13.8. The van der Waals surface area contributed by atoms with Gasteiger partial charge in [-0.05, 0) is 33.4 Å². The van der Waals surface area contributed by atoms with E-state index in [-0.39, 0.29) is 17.8 Å². The topological polar surface area (TPSA) is 71.3 Å². The lowest BCUT2D eigenvalue weighted by Gasteiger charge is -2.25. The minimum absolute atomic E-state index is 0.00700. The molecule has 2 atom stereocenters. The van der Waals surface area contributed by atoms with Crippen LogP contribution in [0.4, 0.5) is 0 Å². The fraction of sp³-hybridized carbons (Fsp3) is 0.615. The summed E-state index contributed by atoms with van der Waals surface area (Å²) in [5.41, 5.74) is 0.194. The number of methoxy groups -OCH3 is 1. The van der Waals surface area contributed by atoms with Crippen LogP contribution in [0.5, 0.6) is 11.8 Å². The maximum absolute atomic E-state index is 8.98. The molecule has 1 aromatic rings. The predicted molar refractivity (Wildman–Crippen MR) is 69.0 cm³/mol. The van der Waals surface area contributed by atoms with Crippen molar-refractivity contribution in [3.63, 3.8) is 0 Å². The number of likely N-dealkylation sites (N-methyl/N-ethyl adjacent to an activating group) is 1. The van der Waals surface area contributed by atoms with Gasteiger partial charge in [0, 0.05) is 6.04 Å². The molecule has 0 bridgehead atoms. The lowest BCUT2D eigenvalue weighted by atomic mass is 10.1. The van der Waals surface area contributed by atoms with Gasteiger partial charge in [-0.2, -0.15) is 15.2 Å². The van der Waals surface area contributed by atoms with Crippen molar-refractivity contribution in [2.75, 3.05) is 20.7 Å². The van der Waals surface area contributed by atoms with Gasteiger partial charge in [0.15, 0.2) is 11.4 Å². The van der Waals surface area contributed by atoms with Crippen molar-refractivity contribution in [3.8, 4) is 17.8 Å². The van der Waals surface area contributed by atoms with Crippen molar-refractivity contribution in [2.24, 2.45) is 0 Å². The number of likely N-dealkylation sites (tertiary alicyclic amines) is 1. The quantitative estimate of drug-likeness (QED) is 0.812. The van der Waals surface area contributed by atoms with Gasteiger partial charge in [0.05, 0.1) is 13.3 Å². The molecule has 0 unspecified atom stereocenters. The van der Waals surface area contributed by atoms with Gasteiger partial charge in [-0.1, -0.05) is 0 Å². The van der Waals surface area contributed by atoms with E-state index in [0.717, 1.165) is 13.0 Å². The first-order chi connectivity index (χ1) is 9.15. The molecule has 6 heteroatoms. The van der Waals surface area contributed by atoms with Gasteiger partial charge in [0.2, 0.25) is 0 Å². The summed E-state index contributed by atoms with van der Waals surface area (Å²) in [5, 5.41) is 8.98. The maximum Gasteiger partial charge on any atom is 0.318 e. The van der Waals surface area contributed by atoms with Crippen molar-refractivity contribution in [1.29, 1.82) is 5.26 Å². The summed E-state index contributed by atoms with van der Waals surface area (Å²) in [6.45, 7) is 3.09. The van der Waals surface area contributed by atoms with E-state index < -0.39 is 0 Å². The van der Waals surface area contributed by atoms with E-state index in [0.29, 0.717) is 11.8 Å². The summed E-state index contributed by atoms with van der Waals surface area (Å²) in [4.78, 5) is 10.4. The van der Waals surface area contributed by atoms with Crippen LogP contribution in [0.1, 0.15) is 25.5 Å². The second kappa shape index (κ2) is 5.85. The van der Waals surface area contributed by atoms with Crippen LogP contribution in [0.2, 0.25) is 0 Å². The van der Waals surface area contributed by atoms with Crippen molar-refractivity contribution in [1.82, 2.24) is 14.9 Å². The lowest BCUT2D eigenvalue weighted by Crippen LogP contribution is -2.38. The molecule has 0 amide bonds. The zero-order valence-corrected chi connectivity index (χ0v) is 11.5. The second-order valence-corrected chi connectivity index (χ2v) is 4.69. The van der Waals surface area contributed by atoms with E-state index in [1.54, 1.807) is 0 Å². The van der Waals surface area contributed by atoms with Crippen LogP contribution in [-0.2, 0) is 0 Å². The van der Waals surface area contributed by atoms with Gasteiger partial charge in [-0.25, -0.2) is 0 Å². The van der Waals surface area contributed by atoms with E-state index >= 15 is 0 Å².